The summed E-state index contributed by atoms with van der Waals surface area (Å²) in [5.41, 5.74) is 24.2. The Hall–Kier alpha value is -0.910. The molecule has 0 aromatic heterocycles. The van der Waals surface area contributed by atoms with Gasteiger partial charge in [0.15, 0.2) is 12.6 Å². The number of carbonyl (C=O) groups excluding carboxylic acids is 1. The van der Waals surface area contributed by atoms with Gasteiger partial charge in [0.1, 0.15) is 61.0 Å². The second-order valence-electron chi connectivity index (χ2n) is 11.3. The van der Waals surface area contributed by atoms with Crippen LogP contribution in [-0.2, 0) is 23.7 Å². The fraction of sp³-hybridized carbons (Fsp3) is 0.917. The van der Waals surface area contributed by atoms with Crippen LogP contribution in [0.3, 0.4) is 0 Å². The van der Waals surface area contributed by atoms with Gasteiger partial charge in [0.2, 0.25) is 5.91 Å². The van der Waals surface area contributed by atoms with Crippen molar-refractivity contribution in [3.63, 3.8) is 0 Å². The highest BCUT2D eigenvalue weighted by Crippen LogP contribution is 2.38. The zero-order chi connectivity index (χ0) is 31.7. The van der Waals surface area contributed by atoms with E-state index in [0.29, 0.717) is 0 Å². The minimum atomic E-state index is -1.63. The number of nitrogens with one attached hydrogen (secondary N) is 1. The van der Waals surface area contributed by atoms with Crippen LogP contribution in [0.2, 0.25) is 0 Å². The molecule has 3 aliphatic rings. The molecule has 1 aliphatic carbocycles. The Morgan fingerprint density at radius 1 is 1.05 bits per heavy atom. The summed E-state index contributed by atoms with van der Waals surface area (Å²) >= 11 is 0. The van der Waals surface area contributed by atoms with Crippen molar-refractivity contribution in [2.45, 2.75) is 116 Å². The van der Waals surface area contributed by atoms with Crippen LogP contribution >= 0.6 is 10.5 Å². The van der Waals surface area contributed by atoms with Gasteiger partial charge in [0, 0.05) is 6.04 Å². The number of amides is 1. The summed E-state index contributed by atoms with van der Waals surface area (Å²) in [4.78, 5) is 11.3. The van der Waals surface area contributed by atoms with E-state index in [0.717, 1.165) is 0 Å². The minimum absolute atomic E-state index is 0.0336. The lowest BCUT2D eigenvalue weighted by atomic mass is 9.83. The van der Waals surface area contributed by atoms with Crippen molar-refractivity contribution >= 4 is 22.3 Å². The standard InChI is InChI=1S/C24H47N5O12S/c1-24(28,42(2)3)20-16(35)17(36)23(41-20)40-19-13(32)9(29-21(37)10(31)4-5-25)6-8(26)18(19)39-22-12(27)15(34)14(33)11(7-30)38-22/h8-20,22-23,30-36H,2,4-7,25-28H2,1,3H3,(H,29,37)/t8?,9-,10+,11?,12?,13?,14-,15?,16?,17?,18-,19?,20+,22-,23-,24+,42?/m1/s1. The summed E-state index contributed by atoms with van der Waals surface area (Å²) in [6, 6.07) is -3.40. The molecule has 0 bridgehead atoms. The lowest BCUT2D eigenvalue weighted by Gasteiger charge is -2.47. The molecule has 0 aromatic carbocycles. The van der Waals surface area contributed by atoms with Crippen LogP contribution in [0.4, 0.5) is 0 Å². The normalized spacial score (nSPS) is 45.6. The van der Waals surface area contributed by atoms with Gasteiger partial charge in [0.05, 0.1) is 23.6 Å². The highest BCUT2D eigenvalue weighted by atomic mass is 32.2. The van der Waals surface area contributed by atoms with E-state index in [4.69, 9.17) is 41.9 Å². The summed E-state index contributed by atoms with van der Waals surface area (Å²) < 4.78 is 23.3. The molecule has 1 saturated carbocycles. The molecular weight excluding hydrogens is 582 g/mol. The predicted octanol–water partition coefficient (Wildman–Crippen LogP) is -6.74. The number of hydrogen-bond acceptors (Lipinski definition) is 16. The van der Waals surface area contributed by atoms with Crippen molar-refractivity contribution in [1.29, 1.82) is 0 Å². The SMILES string of the molecule is C=S(C)[C@](C)(N)[C@H]1O[C@@H](OC2C(O)[C@H](NC(=O)[C@@H](O)CCN)CC(N)[C@H]2O[C@H]2OC(CO)[C@@H](O)C(O)C2N)C(O)C1O. The number of hydrogen-bond donors (Lipinski definition) is 12. The first kappa shape index (κ1) is 35.6. The molecule has 0 spiro atoms. The van der Waals surface area contributed by atoms with Crippen molar-refractivity contribution in [1.82, 2.24) is 5.32 Å². The predicted molar refractivity (Wildman–Crippen MR) is 150 cm³/mol. The number of nitrogens with two attached hydrogens (primary N) is 4. The molecule has 16 N–H and O–H groups in total. The molecule has 2 heterocycles. The Labute approximate surface area is 245 Å². The maximum absolute atomic E-state index is 12.5. The van der Waals surface area contributed by atoms with Gasteiger partial charge in [-0.1, -0.05) is 5.87 Å². The van der Waals surface area contributed by atoms with Crippen LogP contribution in [0.15, 0.2) is 0 Å². The average Bonchev–Trinajstić information content (AvgIpc) is 3.22. The first-order valence-corrected chi connectivity index (χ1v) is 15.4. The number of rotatable bonds is 11. The van der Waals surface area contributed by atoms with Crippen molar-refractivity contribution < 1.29 is 59.5 Å². The highest BCUT2D eigenvalue weighted by Gasteiger charge is 2.55. The summed E-state index contributed by atoms with van der Waals surface area (Å²) in [5.74, 6) is 3.10. The van der Waals surface area contributed by atoms with Crippen LogP contribution < -0.4 is 28.3 Å². The van der Waals surface area contributed by atoms with E-state index in [2.05, 4.69) is 11.2 Å². The van der Waals surface area contributed by atoms with Gasteiger partial charge in [-0.05, 0) is 32.6 Å². The van der Waals surface area contributed by atoms with Gasteiger partial charge in [-0.15, -0.1) is 0 Å². The van der Waals surface area contributed by atoms with E-state index in [-0.39, 0.29) is 19.4 Å². The lowest BCUT2D eigenvalue weighted by Crippen LogP contribution is -2.69. The van der Waals surface area contributed by atoms with Crippen molar-refractivity contribution in [2.75, 3.05) is 19.4 Å². The molecule has 1 amide bonds. The maximum Gasteiger partial charge on any atom is 0.249 e. The summed E-state index contributed by atoms with van der Waals surface area (Å²) in [5, 5.41) is 75.6. The van der Waals surface area contributed by atoms with Crippen LogP contribution in [0.1, 0.15) is 19.8 Å². The Bertz CT molecular complexity index is 936. The second-order valence-corrected chi connectivity index (χ2v) is 13.5. The highest BCUT2D eigenvalue weighted by molar-refractivity contribution is 8.14. The van der Waals surface area contributed by atoms with Crippen LogP contribution in [0.25, 0.3) is 0 Å². The Kier molecular flexibility index (Phi) is 12.2. The Morgan fingerprint density at radius 3 is 2.24 bits per heavy atom. The minimum Gasteiger partial charge on any atom is -0.394 e. The van der Waals surface area contributed by atoms with Gasteiger partial charge in [-0.25, -0.2) is 0 Å². The first-order chi connectivity index (χ1) is 19.6. The van der Waals surface area contributed by atoms with Crippen molar-refractivity contribution in [3.05, 3.63) is 0 Å². The fourth-order valence-corrected chi connectivity index (χ4v) is 5.84. The van der Waals surface area contributed by atoms with Gasteiger partial charge in [0.25, 0.3) is 0 Å². The number of carbonyl (C=O) groups is 1. The van der Waals surface area contributed by atoms with E-state index in [9.17, 15) is 40.5 Å². The number of ether oxygens (including phenoxy) is 4. The van der Waals surface area contributed by atoms with E-state index < -0.39 is 120 Å². The molecule has 2 aliphatic heterocycles. The molecule has 9 unspecified atom stereocenters. The molecule has 0 aromatic rings. The summed E-state index contributed by atoms with van der Waals surface area (Å²) in [6.45, 7) is 0.960. The van der Waals surface area contributed by atoms with Gasteiger partial charge in [-0.2, -0.15) is 10.5 Å². The van der Waals surface area contributed by atoms with E-state index in [1.807, 2.05) is 0 Å². The first-order valence-electron chi connectivity index (χ1n) is 13.6. The average molecular weight is 630 g/mol. The Balaban J connectivity index is 1.89. The molecule has 2 saturated heterocycles. The molecule has 0 radical (unpaired) electrons. The van der Waals surface area contributed by atoms with Crippen LogP contribution in [-0.4, -0.2) is 164 Å². The van der Waals surface area contributed by atoms with E-state index in [1.165, 1.54) is 0 Å². The largest absolute Gasteiger partial charge is 0.394 e. The smallest absolute Gasteiger partial charge is 0.249 e. The molecule has 17 nitrogen and oxygen atoms in total. The zero-order valence-corrected chi connectivity index (χ0v) is 24.4. The Morgan fingerprint density at radius 2 is 1.67 bits per heavy atom. The fourth-order valence-electron chi connectivity index (χ4n) is 5.25. The molecular formula is C24H47N5O12S. The monoisotopic (exact) mass is 629 g/mol. The molecule has 3 rings (SSSR count). The maximum atomic E-state index is 12.5. The summed E-state index contributed by atoms with van der Waals surface area (Å²) in [6.07, 6.45) is -15.7. The topological polar surface area (TPSA) is 312 Å². The third-order valence-electron chi connectivity index (χ3n) is 8.14. The molecule has 17 atom stereocenters. The van der Waals surface area contributed by atoms with Gasteiger partial charge in [-0.3, -0.25) is 4.79 Å². The lowest BCUT2D eigenvalue weighted by molar-refractivity contribution is -0.311. The van der Waals surface area contributed by atoms with E-state index in [1.54, 1.807) is 13.2 Å². The van der Waals surface area contributed by atoms with Gasteiger partial charge < -0.3 is 82.9 Å². The van der Waals surface area contributed by atoms with Gasteiger partial charge >= 0.3 is 0 Å². The quantitative estimate of drug-likeness (QED) is 0.0945. The second kappa shape index (κ2) is 14.5. The third-order valence-corrected chi connectivity index (χ3v) is 9.87. The molecule has 246 valence electrons. The number of aliphatic hydroxyl groups is 7. The van der Waals surface area contributed by atoms with Crippen molar-refractivity contribution in [3.8, 4) is 0 Å². The van der Waals surface area contributed by atoms with Crippen LogP contribution in [0, 0.1) is 0 Å². The molecule has 18 heteroatoms. The summed E-state index contributed by atoms with van der Waals surface area (Å²) in [7, 11) is -0.724. The molecule has 42 heavy (non-hydrogen) atoms. The zero-order valence-electron chi connectivity index (χ0n) is 23.6. The molecule has 3 fully saturated rings. The number of aliphatic hydroxyl groups excluding tert-OH is 7. The van der Waals surface area contributed by atoms with Crippen molar-refractivity contribution in [2.24, 2.45) is 22.9 Å². The van der Waals surface area contributed by atoms with E-state index >= 15 is 0 Å². The van der Waals surface area contributed by atoms with Crippen LogP contribution in [0.5, 0.6) is 0 Å². The third kappa shape index (κ3) is 7.31.